The smallest absolute Gasteiger partial charge is 0.325 e. The normalized spacial score (nSPS) is 23.3. The second kappa shape index (κ2) is 12.3. The van der Waals surface area contributed by atoms with Gasteiger partial charge in [-0.3, -0.25) is 14.7 Å². The highest BCUT2D eigenvalue weighted by Crippen LogP contribution is 2.36. The van der Waals surface area contributed by atoms with Crippen LogP contribution in [0, 0.1) is 0 Å². The Morgan fingerprint density at radius 3 is 2.83 bits per heavy atom. The lowest BCUT2D eigenvalue weighted by molar-refractivity contribution is -0.143. The number of likely N-dealkylation sites (tertiary alicyclic amines) is 1. The van der Waals surface area contributed by atoms with Crippen LogP contribution in [0.2, 0.25) is 0 Å². The lowest BCUT2D eigenvalue weighted by atomic mass is 9.92. The van der Waals surface area contributed by atoms with E-state index in [1.54, 1.807) is 0 Å². The molecule has 1 aromatic carbocycles. The van der Waals surface area contributed by atoms with Crippen molar-refractivity contribution in [3.05, 3.63) is 64.5 Å². The first-order chi connectivity index (χ1) is 17.7. The SMILES string of the molecule is O=C(O)C(c1ccccc1C1CCCCO1)N1CC[C@@H](OCCCCc2ccc3c(n2)CCCC3)C1. The van der Waals surface area contributed by atoms with Crippen molar-refractivity contribution in [2.45, 2.75) is 88.9 Å². The first-order valence-corrected chi connectivity index (χ1v) is 14.0. The van der Waals surface area contributed by atoms with E-state index in [2.05, 4.69) is 17.0 Å². The third-order valence-electron chi connectivity index (χ3n) is 8.01. The van der Waals surface area contributed by atoms with Crippen LogP contribution >= 0.6 is 0 Å². The number of nitrogens with zero attached hydrogens (tertiary/aromatic N) is 2. The third kappa shape index (κ3) is 6.16. The van der Waals surface area contributed by atoms with E-state index in [-0.39, 0.29) is 12.2 Å². The van der Waals surface area contributed by atoms with Crippen molar-refractivity contribution in [1.82, 2.24) is 9.88 Å². The summed E-state index contributed by atoms with van der Waals surface area (Å²) < 4.78 is 12.2. The van der Waals surface area contributed by atoms with Gasteiger partial charge in [-0.05, 0) is 93.4 Å². The summed E-state index contributed by atoms with van der Waals surface area (Å²) in [5.41, 5.74) is 5.85. The number of rotatable bonds is 10. The highest BCUT2D eigenvalue weighted by molar-refractivity contribution is 5.76. The maximum atomic E-state index is 12.4. The Bertz CT molecular complexity index is 1020. The molecule has 3 atom stereocenters. The molecule has 0 spiro atoms. The molecule has 6 heteroatoms. The topological polar surface area (TPSA) is 71.9 Å². The first-order valence-electron chi connectivity index (χ1n) is 14.0. The van der Waals surface area contributed by atoms with Crippen molar-refractivity contribution >= 4 is 5.97 Å². The minimum Gasteiger partial charge on any atom is -0.480 e. The second-order valence-corrected chi connectivity index (χ2v) is 10.6. The van der Waals surface area contributed by atoms with E-state index in [9.17, 15) is 9.90 Å². The molecule has 36 heavy (non-hydrogen) atoms. The average molecular weight is 493 g/mol. The molecule has 3 heterocycles. The van der Waals surface area contributed by atoms with Gasteiger partial charge in [-0.1, -0.05) is 30.3 Å². The summed E-state index contributed by atoms with van der Waals surface area (Å²) in [5.74, 6) is -0.795. The number of carbonyl (C=O) groups is 1. The van der Waals surface area contributed by atoms with Crippen LogP contribution in [0.4, 0.5) is 0 Å². The highest BCUT2D eigenvalue weighted by atomic mass is 16.5. The molecule has 0 saturated carbocycles. The minimum absolute atomic E-state index is 0.00365. The monoisotopic (exact) mass is 492 g/mol. The summed E-state index contributed by atoms with van der Waals surface area (Å²) in [6, 6.07) is 11.8. The van der Waals surface area contributed by atoms with E-state index < -0.39 is 12.0 Å². The van der Waals surface area contributed by atoms with Gasteiger partial charge in [0.1, 0.15) is 6.04 Å². The molecular formula is C30H40N2O4. The molecule has 3 aliphatic rings. The molecule has 2 fully saturated rings. The maximum absolute atomic E-state index is 12.4. The predicted molar refractivity (Wildman–Crippen MR) is 139 cm³/mol. The number of hydrogen-bond donors (Lipinski definition) is 1. The number of aliphatic carboxylic acids is 1. The van der Waals surface area contributed by atoms with Crippen molar-refractivity contribution in [2.24, 2.45) is 0 Å². The molecule has 0 radical (unpaired) electrons. The Balaban J connectivity index is 1.11. The molecule has 1 aliphatic carbocycles. The molecule has 2 saturated heterocycles. The van der Waals surface area contributed by atoms with Crippen molar-refractivity contribution in [1.29, 1.82) is 0 Å². The maximum Gasteiger partial charge on any atom is 0.325 e. The number of hydrogen-bond acceptors (Lipinski definition) is 5. The number of aromatic nitrogens is 1. The van der Waals surface area contributed by atoms with E-state index in [4.69, 9.17) is 14.5 Å². The zero-order valence-electron chi connectivity index (χ0n) is 21.4. The van der Waals surface area contributed by atoms with E-state index >= 15 is 0 Å². The number of pyridine rings is 1. The van der Waals surface area contributed by atoms with Gasteiger partial charge in [0, 0.05) is 37.7 Å². The van der Waals surface area contributed by atoms with Crippen LogP contribution in [0.3, 0.4) is 0 Å². The standard InChI is InChI=1S/C30H40N2O4/c33-30(34)29(26-12-3-2-11-25(26)28-14-6-8-20-36-28)32-18-17-24(21-32)35-19-7-5-10-23-16-15-22-9-1-4-13-27(22)31-23/h2-3,11-12,15-16,24,28-29H,1,4-10,13-14,17-21H2,(H,33,34)/t24-,28?,29?/m1/s1. The Kier molecular flexibility index (Phi) is 8.67. The lowest BCUT2D eigenvalue weighted by Gasteiger charge is -2.30. The molecular weight excluding hydrogens is 452 g/mol. The third-order valence-corrected chi connectivity index (χ3v) is 8.01. The highest BCUT2D eigenvalue weighted by Gasteiger charge is 2.36. The summed E-state index contributed by atoms with van der Waals surface area (Å²) >= 11 is 0. The molecule has 194 valence electrons. The summed E-state index contributed by atoms with van der Waals surface area (Å²) in [7, 11) is 0. The van der Waals surface area contributed by atoms with Gasteiger partial charge in [0.05, 0.1) is 12.2 Å². The van der Waals surface area contributed by atoms with Gasteiger partial charge in [0.25, 0.3) is 0 Å². The second-order valence-electron chi connectivity index (χ2n) is 10.6. The number of carboxylic acid groups (broad SMARTS) is 1. The lowest BCUT2D eigenvalue weighted by Crippen LogP contribution is -2.34. The minimum atomic E-state index is -0.795. The summed E-state index contributed by atoms with van der Waals surface area (Å²) in [5, 5.41) is 10.2. The van der Waals surface area contributed by atoms with Gasteiger partial charge < -0.3 is 14.6 Å². The molecule has 0 bridgehead atoms. The van der Waals surface area contributed by atoms with Crippen LogP contribution in [0.1, 0.15) is 91.6 Å². The predicted octanol–water partition coefficient (Wildman–Crippen LogP) is 5.44. The summed E-state index contributed by atoms with van der Waals surface area (Å²) in [6.45, 7) is 2.86. The Hall–Kier alpha value is -2.28. The Morgan fingerprint density at radius 1 is 1.08 bits per heavy atom. The summed E-state index contributed by atoms with van der Waals surface area (Å²) in [6.07, 6.45) is 12.0. The Labute approximate surface area is 215 Å². The van der Waals surface area contributed by atoms with Crippen LogP contribution in [0.15, 0.2) is 36.4 Å². The fourth-order valence-electron chi connectivity index (χ4n) is 6.07. The van der Waals surface area contributed by atoms with Crippen LogP contribution in [0.25, 0.3) is 0 Å². The molecule has 2 aromatic rings. The van der Waals surface area contributed by atoms with E-state index in [1.165, 1.54) is 36.2 Å². The molecule has 1 N–H and O–H groups in total. The van der Waals surface area contributed by atoms with Crippen LogP contribution in [-0.4, -0.2) is 53.4 Å². The molecule has 0 amide bonds. The van der Waals surface area contributed by atoms with Crippen molar-refractivity contribution in [2.75, 3.05) is 26.3 Å². The number of benzene rings is 1. The molecule has 2 unspecified atom stereocenters. The number of fused-ring (bicyclic) bond motifs is 1. The largest absolute Gasteiger partial charge is 0.480 e. The number of unbranched alkanes of at least 4 members (excludes halogenated alkanes) is 1. The number of ether oxygens (including phenoxy) is 2. The zero-order chi connectivity index (χ0) is 24.7. The molecule has 1 aromatic heterocycles. The Morgan fingerprint density at radius 2 is 1.97 bits per heavy atom. The van der Waals surface area contributed by atoms with E-state index in [1.807, 2.05) is 24.3 Å². The van der Waals surface area contributed by atoms with Gasteiger partial charge in [0.2, 0.25) is 0 Å². The van der Waals surface area contributed by atoms with E-state index in [0.29, 0.717) is 13.2 Å². The van der Waals surface area contributed by atoms with Crippen molar-refractivity contribution in [3.8, 4) is 0 Å². The quantitative estimate of drug-likeness (QED) is 0.445. The number of carboxylic acids is 1. The van der Waals surface area contributed by atoms with Crippen LogP contribution < -0.4 is 0 Å². The average Bonchev–Trinajstić information content (AvgIpc) is 3.37. The van der Waals surface area contributed by atoms with Gasteiger partial charge in [-0.2, -0.15) is 0 Å². The molecule has 6 nitrogen and oxygen atoms in total. The number of aryl methyl sites for hydroxylation is 3. The van der Waals surface area contributed by atoms with Crippen molar-refractivity contribution in [3.63, 3.8) is 0 Å². The van der Waals surface area contributed by atoms with Gasteiger partial charge >= 0.3 is 5.97 Å². The summed E-state index contributed by atoms with van der Waals surface area (Å²) in [4.78, 5) is 19.4. The van der Waals surface area contributed by atoms with E-state index in [0.717, 1.165) is 75.6 Å². The van der Waals surface area contributed by atoms with Crippen LogP contribution in [-0.2, 0) is 33.5 Å². The van der Waals surface area contributed by atoms with Crippen molar-refractivity contribution < 1.29 is 19.4 Å². The zero-order valence-corrected chi connectivity index (χ0v) is 21.4. The molecule has 2 aliphatic heterocycles. The first kappa shape index (κ1) is 25.4. The fraction of sp³-hybridized carbons (Fsp3) is 0.600. The van der Waals surface area contributed by atoms with Gasteiger partial charge in [-0.25, -0.2) is 0 Å². The van der Waals surface area contributed by atoms with Crippen LogP contribution in [0.5, 0.6) is 0 Å². The molecule has 5 rings (SSSR count). The van der Waals surface area contributed by atoms with Gasteiger partial charge in [0.15, 0.2) is 0 Å². The fourth-order valence-corrected chi connectivity index (χ4v) is 6.07. The van der Waals surface area contributed by atoms with Gasteiger partial charge in [-0.15, -0.1) is 0 Å².